The van der Waals surface area contributed by atoms with E-state index in [9.17, 15) is 0 Å². The summed E-state index contributed by atoms with van der Waals surface area (Å²) in [5, 5.41) is 6.12. The van der Waals surface area contributed by atoms with Gasteiger partial charge < -0.3 is 10.6 Å². The van der Waals surface area contributed by atoms with Gasteiger partial charge in [-0.25, -0.2) is 4.98 Å². The maximum atomic E-state index is 4.27. The van der Waals surface area contributed by atoms with Crippen LogP contribution in [0.25, 0.3) is 0 Å². The first-order valence-electron chi connectivity index (χ1n) is 5.44. The molecule has 0 aromatic carbocycles. The average Bonchev–Trinajstić information content (AvgIpc) is 2.38. The molecule has 5 heteroatoms. The predicted octanol–water partition coefficient (Wildman–Crippen LogP) is 1.83. The van der Waals surface area contributed by atoms with Crippen LogP contribution in [0.15, 0.2) is 30.6 Å². The lowest BCUT2D eigenvalue weighted by Gasteiger charge is -2.06. The second kappa shape index (κ2) is 5.25. The van der Waals surface area contributed by atoms with Crippen molar-refractivity contribution in [2.75, 3.05) is 17.7 Å². The summed E-state index contributed by atoms with van der Waals surface area (Å²) < 4.78 is 0. The molecule has 2 heterocycles. The third-order valence-electron chi connectivity index (χ3n) is 2.33. The van der Waals surface area contributed by atoms with Crippen molar-refractivity contribution in [3.05, 3.63) is 41.9 Å². The van der Waals surface area contributed by atoms with Crippen molar-refractivity contribution in [2.24, 2.45) is 0 Å². The van der Waals surface area contributed by atoms with Gasteiger partial charge in [0.05, 0.1) is 0 Å². The molecule has 0 unspecified atom stereocenters. The first kappa shape index (κ1) is 11.3. The van der Waals surface area contributed by atoms with Crippen LogP contribution in [-0.4, -0.2) is 22.0 Å². The largest absolute Gasteiger partial charge is 0.366 e. The maximum absolute atomic E-state index is 4.27. The summed E-state index contributed by atoms with van der Waals surface area (Å²) in [6.07, 6.45) is 3.58. The van der Waals surface area contributed by atoms with Crippen LogP contribution in [0, 0.1) is 6.92 Å². The molecule has 0 amide bonds. The third-order valence-corrected chi connectivity index (χ3v) is 2.33. The Kier molecular flexibility index (Phi) is 3.49. The van der Waals surface area contributed by atoms with Crippen molar-refractivity contribution in [2.45, 2.75) is 13.5 Å². The van der Waals surface area contributed by atoms with Crippen molar-refractivity contribution in [3.8, 4) is 0 Å². The summed E-state index contributed by atoms with van der Waals surface area (Å²) >= 11 is 0. The van der Waals surface area contributed by atoms with E-state index in [2.05, 4.69) is 31.7 Å². The van der Waals surface area contributed by atoms with Gasteiger partial charge in [0, 0.05) is 31.7 Å². The Balaban J connectivity index is 1.99. The summed E-state index contributed by atoms with van der Waals surface area (Å²) in [4.78, 5) is 12.6. The molecule has 0 saturated carbocycles. The van der Waals surface area contributed by atoms with Crippen molar-refractivity contribution in [1.29, 1.82) is 0 Å². The summed E-state index contributed by atoms with van der Waals surface area (Å²) in [7, 11) is 1.79. The molecule has 0 radical (unpaired) electrons. The van der Waals surface area contributed by atoms with Gasteiger partial charge in [-0.3, -0.25) is 4.98 Å². The van der Waals surface area contributed by atoms with Crippen molar-refractivity contribution in [1.82, 2.24) is 15.0 Å². The highest BCUT2D eigenvalue weighted by Gasteiger charge is 1.97. The molecule has 0 aliphatic heterocycles. The summed E-state index contributed by atoms with van der Waals surface area (Å²) in [6, 6.07) is 5.88. The molecule has 0 aliphatic carbocycles. The standard InChI is InChI=1S/C12H15N5/c1-9-3-4-10(7-15-9)8-16-11-5-6-14-12(13-2)17-11/h3-7H,8H2,1-2H3,(H2,13,14,16,17). The molecule has 0 atom stereocenters. The van der Waals surface area contributed by atoms with Crippen molar-refractivity contribution in [3.63, 3.8) is 0 Å². The van der Waals surface area contributed by atoms with Crippen LogP contribution in [0.2, 0.25) is 0 Å². The van der Waals surface area contributed by atoms with E-state index < -0.39 is 0 Å². The Morgan fingerprint density at radius 1 is 1.18 bits per heavy atom. The van der Waals surface area contributed by atoms with Gasteiger partial charge in [-0.1, -0.05) is 6.07 Å². The number of aromatic nitrogens is 3. The number of anilines is 2. The first-order chi connectivity index (χ1) is 8.28. The molecule has 2 rings (SSSR count). The number of nitrogens with one attached hydrogen (secondary N) is 2. The number of nitrogens with zero attached hydrogens (tertiary/aromatic N) is 3. The molecule has 2 aromatic heterocycles. The van der Waals surface area contributed by atoms with E-state index in [4.69, 9.17) is 0 Å². The molecule has 0 bridgehead atoms. The van der Waals surface area contributed by atoms with Crippen molar-refractivity contribution >= 4 is 11.8 Å². The zero-order valence-corrected chi connectivity index (χ0v) is 9.94. The van der Waals surface area contributed by atoms with Gasteiger partial charge >= 0.3 is 0 Å². The molecule has 0 fully saturated rings. The maximum Gasteiger partial charge on any atom is 0.224 e. The second-order valence-corrected chi connectivity index (χ2v) is 3.68. The fourth-order valence-corrected chi connectivity index (χ4v) is 1.37. The first-order valence-corrected chi connectivity index (χ1v) is 5.44. The predicted molar refractivity (Wildman–Crippen MR) is 67.9 cm³/mol. The fraction of sp³-hybridized carbons (Fsp3) is 0.250. The highest BCUT2D eigenvalue weighted by atomic mass is 15.1. The molecular formula is C12H15N5. The van der Waals surface area contributed by atoms with Crippen LogP contribution in [0.5, 0.6) is 0 Å². The van der Waals surface area contributed by atoms with E-state index in [0.29, 0.717) is 12.5 Å². The zero-order chi connectivity index (χ0) is 12.1. The van der Waals surface area contributed by atoms with Gasteiger partial charge in [0.25, 0.3) is 0 Å². The van der Waals surface area contributed by atoms with Crippen molar-refractivity contribution < 1.29 is 0 Å². The lowest BCUT2D eigenvalue weighted by molar-refractivity contribution is 1.05. The Morgan fingerprint density at radius 2 is 2.06 bits per heavy atom. The SMILES string of the molecule is CNc1nccc(NCc2ccc(C)nc2)n1. The van der Waals surface area contributed by atoms with Gasteiger partial charge in [0.2, 0.25) is 5.95 Å². The van der Waals surface area contributed by atoms with Gasteiger partial charge in [-0.05, 0) is 24.6 Å². The van der Waals surface area contributed by atoms with Crippen LogP contribution in [0.3, 0.4) is 0 Å². The van der Waals surface area contributed by atoms with E-state index in [1.165, 1.54) is 0 Å². The quantitative estimate of drug-likeness (QED) is 0.837. The number of hydrogen-bond acceptors (Lipinski definition) is 5. The highest BCUT2D eigenvalue weighted by molar-refractivity contribution is 5.39. The monoisotopic (exact) mass is 229 g/mol. The summed E-state index contributed by atoms with van der Waals surface area (Å²) in [6.45, 7) is 2.67. The molecule has 5 nitrogen and oxygen atoms in total. The van der Waals surface area contributed by atoms with E-state index >= 15 is 0 Å². The Labute approximate surface area is 100 Å². The van der Waals surface area contributed by atoms with Crippen LogP contribution in [0.4, 0.5) is 11.8 Å². The molecule has 0 saturated heterocycles. The van der Waals surface area contributed by atoms with Crippen LogP contribution >= 0.6 is 0 Å². The Morgan fingerprint density at radius 3 is 2.76 bits per heavy atom. The molecule has 88 valence electrons. The van der Waals surface area contributed by atoms with Gasteiger partial charge in [-0.2, -0.15) is 4.98 Å². The summed E-state index contributed by atoms with van der Waals surface area (Å²) in [5.74, 6) is 1.40. The minimum Gasteiger partial charge on any atom is -0.366 e. The average molecular weight is 229 g/mol. The van der Waals surface area contributed by atoms with Crippen LogP contribution < -0.4 is 10.6 Å². The molecular weight excluding hydrogens is 214 g/mol. The lowest BCUT2D eigenvalue weighted by Crippen LogP contribution is -2.04. The number of rotatable bonds is 4. The molecule has 17 heavy (non-hydrogen) atoms. The molecule has 0 spiro atoms. The molecule has 2 N–H and O–H groups in total. The molecule has 0 aliphatic rings. The Hall–Kier alpha value is -2.17. The number of pyridine rings is 1. The lowest BCUT2D eigenvalue weighted by atomic mass is 10.2. The van der Waals surface area contributed by atoms with Crippen LogP contribution in [-0.2, 0) is 6.54 Å². The Bertz CT molecular complexity index is 481. The second-order valence-electron chi connectivity index (χ2n) is 3.68. The molecule has 2 aromatic rings. The number of hydrogen-bond donors (Lipinski definition) is 2. The minimum absolute atomic E-state index is 0.608. The smallest absolute Gasteiger partial charge is 0.224 e. The number of aryl methyl sites for hydroxylation is 1. The van der Waals surface area contributed by atoms with Gasteiger partial charge in [0.1, 0.15) is 5.82 Å². The third kappa shape index (κ3) is 3.14. The minimum atomic E-state index is 0.608. The fourth-order valence-electron chi connectivity index (χ4n) is 1.37. The summed E-state index contributed by atoms with van der Waals surface area (Å²) in [5.41, 5.74) is 2.15. The van der Waals surface area contributed by atoms with E-state index in [1.807, 2.05) is 25.3 Å². The zero-order valence-electron chi connectivity index (χ0n) is 9.94. The van der Waals surface area contributed by atoms with E-state index in [1.54, 1.807) is 13.2 Å². The van der Waals surface area contributed by atoms with Gasteiger partial charge in [0.15, 0.2) is 0 Å². The normalized spacial score (nSPS) is 10.0. The topological polar surface area (TPSA) is 62.7 Å². The van der Waals surface area contributed by atoms with E-state index in [-0.39, 0.29) is 0 Å². The van der Waals surface area contributed by atoms with Gasteiger partial charge in [-0.15, -0.1) is 0 Å². The highest BCUT2D eigenvalue weighted by Crippen LogP contribution is 2.07. The van der Waals surface area contributed by atoms with Crippen LogP contribution in [0.1, 0.15) is 11.3 Å². The van der Waals surface area contributed by atoms with E-state index in [0.717, 1.165) is 17.1 Å².